The summed E-state index contributed by atoms with van der Waals surface area (Å²) >= 11 is 1.52. The Morgan fingerprint density at radius 3 is 2.08 bits per heavy atom. The molecule has 0 unspecified atom stereocenters. The van der Waals surface area contributed by atoms with Gasteiger partial charge in [-0.05, 0) is 92.2 Å². The molecule has 1 heterocycles. The van der Waals surface area contributed by atoms with Gasteiger partial charge in [-0.25, -0.2) is 9.69 Å². The first-order chi connectivity index (χ1) is 18.3. The monoisotopic (exact) mass is 521 g/mol. The number of benzene rings is 4. The first-order valence-corrected chi connectivity index (χ1v) is 13.5. The predicted molar refractivity (Wildman–Crippen MR) is 155 cm³/mol. The molecular weight excluding hydrogens is 490 g/mol. The van der Waals surface area contributed by atoms with Crippen LogP contribution in [0.4, 0.5) is 16.2 Å². The molecule has 6 heteroatoms. The van der Waals surface area contributed by atoms with E-state index in [2.05, 4.69) is 54.1 Å². The van der Waals surface area contributed by atoms with Crippen molar-refractivity contribution in [3.8, 4) is 0 Å². The van der Waals surface area contributed by atoms with Crippen LogP contribution < -0.4 is 9.62 Å². The highest BCUT2D eigenvalue weighted by molar-refractivity contribution is 8.00. The molecule has 1 fully saturated rings. The average Bonchev–Trinajstić information content (AvgIpc) is 3.09. The lowest BCUT2D eigenvalue weighted by molar-refractivity contribution is -0.123. The normalized spacial score (nSPS) is 14.7. The summed E-state index contributed by atoms with van der Waals surface area (Å²) in [5.41, 5.74) is 5.11. The number of imide groups is 1. The number of hydrogen-bond acceptors (Lipinski definition) is 4. The van der Waals surface area contributed by atoms with Crippen LogP contribution in [0.3, 0.4) is 0 Å². The van der Waals surface area contributed by atoms with E-state index in [0.29, 0.717) is 12.2 Å². The minimum Gasteiger partial charge on any atom is -0.326 e. The van der Waals surface area contributed by atoms with Gasteiger partial charge in [0.2, 0.25) is 0 Å². The van der Waals surface area contributed by atoms with Crippen molar-refractivity contribution < 1.29 is 9.59 Å². The predicted octanol–water partition coefficient (Wildman–Crippen LogP) is 7.45. The second kappa shape index (κ2) is 10.8. The van der Waals surface area contributed by atoms with E-state index in [1.165, 1.54) is 28.0 Å². The van der Waals surface area contributed by atoms with Crippen LogP contribution in [0, 0.1) is 6.92 Å². The Bertz CT molecular complexity index is 1430. The molecule has 1 aliphatic heterocycles. The molecule has 0 aromatic heterocycles. The van der Waals surface area contributed by atoms with Gasteiger partial charge in [-0.2, -0.15) is 0 Å². The molecule has 1 saturated heterocycles. The zero-order chi connectivity index (χ0) is 26.7. The van der Waals surface area contributed by atoms with Crippen LogP contribution in [-0.2, 0) is 17.8 Å². The van der Waals surface area contributed by atoms with Crippen LogP contribution >= 0.6 is 11.9 Å². The highest BCUT2D eigenvalue weighted by Crippen LogP contribution is 2.35. The Hall–Kier alpha value is -4.03. The fourth-order valence-electron chi connectivity index (χ4n) is 4.60. The lowest BCUT2D eigenvalue weighted by Crippen LogP contribution is -2.43. The van der Waals surface area contributed by atoms with Gasteiger partial charge in [-0.1, -0.05) is 72.3 Å². The lowest BCUT2D eigenvalue weighted by atomic mass is 9.97. The van der Waals surface area contributed by atoms with Gasteiger partial charge in [0.15, 0.2) is 0 Å². The Kier molecular flexibility index (Phi) is 7.25. The molecule has 0 aliphatic carbocycles. The number of aryl methyl sites for hydroxylation is 1. The first-order valence-electron chi connectivity index (χ1n) is 12.7. The van der Waals surface area contributed by atoms with Crippen LogP contribution in [-0.4, -0.2) is 22.4 Å². The van der Waals surface area contributed by atoms with Crippen LogP contribution in [0.2, 0.25) is 0 Å². The summed E-state index contributed by atoms with van der Waals surface area (Å²) < 4.78 is 3.32. The van der Waals surface area contributed by atoms with Crippen LogP contribution in [0.5, 0.6) is 0 Å². The highest BCUT2D eigenvalue weighted by Gasteiger charge is 2.51. The number of nitrogens with one attached hydrogen (secondary N) is 1. The number of carbonyl (C=O) groups is 2. The number of hydrogen-bond donors (Lipinski definition) is 1. The summed E-state index contributed by atoms with van der Waals surface area (Å²) in [6.07, 6.45) is 0.770. The molecule has 38 heavy (non-hydrogen) atoms. The fourth-order valence-corrected chi connectivity index (χ4v) is 5.25. The molecule has 4 aromatic carbocycles. The Labute approximate surface area is 228 Å². The van der Waals surface area contributed by atoms with E-state index in [0.717, 1.165) is 28.1 Å². The number of carbonyl (C=O) groups excluding carboxylic acids is 2. The summed E-state index contributed by atoms with van der Waals surface area (Å²) in [7, 11) is 0. The highest BCUT2D eigenvalue weighted by atomic mass is 32.2. The Morgan fingerprint density at radius 2 is 1.39 bits per heavy atom. The van der Waals surface area contributed by atoms with Crippen molar-refractivity contribution in [2.24, 2.45) is 0 Å². The molecule has 4 aromatic rings. The maximum absolute atomic E-state index is 13.6. The first kappa shape index (κ1) is 25.6. The Morgan fingerprint density at radius 1 is 0.763 bits per heavy atom. The standard InChI is InChI=1S/C32H31N3O2S/c1-23-13-19-29(20-14-23)38-33-27-15-17-28(18-16-27)35-30(36)32(2,3)34(31(35)37)22-26-12-8-7-11-25(26)21-24-9-5-4-6-10-24/h4-20,33H,21-22H2,1-3H3. The third kappa shape index (κ3) is 5.31. The zero-order valence-corrected chi connectivity index (χ0v) is 22.7. The summed E-state index contributed by atoms with van der Waals surface area (Å²) in [6.45, 7) is 6.07. The van der Waals surface area contributed by atoms with Gasteiger partial charge < -0.3 is 9.62 Å². The van der Waals surface area contributed by atoms with Gasteiger partial charge in [0.05, 0.1) is 5.69 Å². The molecule has 0 spiro atoms. The second-order valence-corrected chi connectivity index (χ2v) is 10.9. The zero-order valence-electron chi connectivity index (χ0n) is 21.8. The summed E-state index contributed by atoms with van der Waals surface area (Å²) in [5.74, 6) is -0.224. The maximum atomic E-state index is 13.6. The fraction of sp³-hybridized carbons (Fsp3) is 0.188. The van der Waals surface area contributed by atoms with Crippen LogP contribution in [0.15, 0.2) is 108 Å². The quantitative estimate of drug-likeness (QED) is 0.193. The summed E-state index contributed by atoms with van der Waals surface area (Å²) in [4.78, 5) is 31.2. The van der Waals surface area contributed by atoms with Gasteiger partial charge >= 0.3 is 6.03 Å². The van der Waals surface area contributed by atoms with Crippen molar-refractivity contribution in [1.29, 1.82) is 0 Å². The van der Waals surface area contributed by atoms with Crippen LogP contribution in [0.25, 0.3) is 0 Å². The van der Waals surface area contributed by atoms with Crippen molar-refractivity contribution in [1.82, 2.24) is 4.90 Å². The molecule has 0 bridgehead atoms. The van der Waals surface area contributed by atoms with Crippen LogP contribution in [0.1, 0.15) is 36.1 Å². The van der Waals surface area contributed by atoms with Gasteiger partial charge in [0.1, 0.15) is 5.54 Å². The van der Waals surface area contributed by atoms with E-state index in [1.54, 1.807) is 4.90 Å². The number of rotatable bonds is 8. The van der Waals surface area contributed by atoms with E-state index >= 15 is 0 Å². The summed E-state index contributed by atoms with van der Waals surface area (Å²) in [5, 5.41) is 0. The van der Waals surface area contributed by atoms with Crippen molar-refractivity contribution in [2.75, 3.05) is 9.62 Å². The molecule has 1 N–H and O–H groups in total. The van der Waals surface area contributed by atoms with E-state index < -0.39 is 5.54 Å². The number of anilines is 2. The van der Waals surface area contributed by atoms with Gasteiger partial charge in [-0.15, -0.1) is 0 Å². The van der Waals surface area contributed by atoms with E-state index in [1.807, 2.05) is 74.5 Å². The molecule has 0 atom stereocenters. The van der Waals surface area contributed by atoms with E-state index in [9.17, 15) is 9.59 Å². The third-order valence-corrected chi connectivity index (χ3v) is 7.79. The van der Waals surface area contributed by atoms with Crippen molar-refractivity contribution in [3.05, 3.63) is 125 Å². The molecular formula is C32H31N3O2S. The molecule has 0 radical (unpaired) electrons. The van der Waals surface area contributed by atoms with Gasteiger partial charge in [0.25, 0.3) is 5.91 Å². The maximum Gasteiger partial charge on any atom is 0.332 e. The van der Waals surface area contributed by atoms with Crippen molar-refractivity contribution >= 4 is 35.3 Å². The number of urea groups is 1. The molecule has 1 aliphatic rings. The van der Waals surface area contributed by atoms with E-state index in [4.69, 9.17) is 0 Å². The average molecular weight is 522 g/mol. The van der Waals surface area contributed by atoms with Crippen molar-refractivity contribution in [2.45, 2.75) is 44.2 Å². The minimum atomic E-state index is -0.963. The minimum absolute atomic E-state index is 0.224. The lowest BCUT2D eigenvalue weighted by Gasteiger charge is -2.28. The van der Waals surface area contributed by atoms with Gasteiger partial charge in [-0.3, -0.25) is 4.79 Å². The largest absolute Gasteiger partial charge is 0.332 e. The number of nitrogens with zero attached hydrogens (tertiary/aromatic N) is 2. The second-order valence-electron chi connectivity index (χ2n) is 10.1. The molecule has 0 saturated carbocycles. The Balaban J connectivity index is 1.32. The van der Waals surface area contributed by atoms with Gasteiger partial charge in [0, 0.05) is 17.1 Å². The molecule has 3 amide bonds. The summed E-state index contributed by atoms with van der Waals surface area (Å²) in [6, 6.07) is 33.8. The molecule has 5 nitrogen and oxygen atoms in total. The SMILES string of the molecule is Cc1ccc(SNc2ccc(N3C(=O)N(Cc4ccccc4Cc4ccccc4)C(C)(C)C3=O)cc2)cc1. The molecule has 192 valence electrons. The third-order valence-electron chi connectivity index (χ3n) is 6.94. The topological polar surface area (TPSA) is 52.7 Å². The smallest absolute Gasteiger partial charge is 0.326 e. The van der Waals surface area contributed by atoms with Crippen molar-refractivity contribution in [3.63, 3.8) is 0 Å². The van der Waals surface area contributed by atoms with E-state index in [-0.39, 0.29) is 11.9 Å². The molecule has 5 rings (SSSR count). The number of amides is 3.